The molecule has 170 valence electrons. The number of pyridine rings is 2. The van der Waals surface area contributed by atoms with E-state index in [1.165, 1.54) is 0 Å². The molecule has 3 aliphatic rings. The minimum atomic E-state index is 0.0547. The number of anilines is 1. The van der Waals surface area contributed by atoms with Crippen LogP contribution in [0.2, 0.25) is 0 Å². The topological polar surface area (TPSA) is 82.4 Å². The molecule has 7 nitrogen and oxygen atoms in total. The van der Waals surface area contributed by atoms with Gasteiger partial charge in [-0.2, -0.15) is 5.26 Å². The van der Waals surface area contributed by atoms with E-state index in [1.54, 1.807) is 12.3 Å². The fourth-order valence-corrected chi connectivity index (χ4v) is 4.75. The summed E-state index contributed by atoms with van der Waals surface area (Å²) in [4.78, 5) is 26.2. The van der Waals surface area contributed by atoms with E-state index in [0.717, 1.165) is 54.2 Å². The van der Waals surface area contributed by atoms with Gasteiger partial charge in [-0.3, -0.25) is 9.78 Å². The van der Waals surface area contributed by atoms with E-state index in [9.17, 15) is 10.1 Å². The molecule has 1 saturated carbocycles. The van der Waals surface area contributed by atoms with Crippen LogP contribution in [-0.4, -0.2) is 59.2 Å². The average molecular weight is 444 g/mol. The van der Waals surface area contributed by atoms with Crippen molar-refractivity contribution >= 4 is 17.8 Å². The molecule has 3 fully saturated rings. The van der Waals surface area contributed by atoms with E-state index in [2.05, 4.69) is 29.5 Å². The summed E-state index contributed by atoms with van der Waals surface area (Å²) in [5.41, 5.74) is 4.45. The van der Waals surface area contributed by atoms with Crippen molar-refractivity contribution in [1.82, 2.24) is 14.9 Å². The van der Waals surface area contributed by atoms with Crippen molar-refractivity contribution in [3.63, 3.8) is 0 Å². The van der Waals surface area contributed by atoms with Crippen molar-refractivity contribution in [2.75, 3.05) is 31.1 Å². The Balaban J connectivity index is 1.41. The highest BCUT2D eigenvalue weighted by atomic mass is 16.5. The predicted octanol–water partition coefficient (Wildman–Crippen LogP) is 3.75. The van der Waals surface area contributed by atoms with Crippen molar-refractivity contribution in [1.29, 1.82) is 5.26 Å². The summed E-state index contributed by atoms with van der Waals surface area (Å²) in [6, 6.07) is 8.37. The van der Waals surface area contributed by atoms with Crippen molar-refractivity contribution in [2.45, 2.75) is 50.7 Å². The van der Waals surface area contributed by atoms with Gasteiger partial charge in [0.25, 0.3) is 0 Å². The lowest BCUT2D eigenvalue weighted by Gasteiger charge is -2.41. The van der Waals surface area contributed by atoms with E-state index in [4.69, 9.17) is 9.72 Å². The van der Waals surface area contributed by atoms with Crippen molar-refractivity contribution in [3.05, 3.63) is 47.9 Å². The molecule has 5 rings (SSSR count). The molecule has 2 aliphatic heterocycles. The first-order chi connectivity index (χ1) is 16.1. The molecular weight excluding hydrogens is 414 g/mol. The number of nitrogens with zero attached hydrogens (tertiary/aromatic N) is 5. The second kappa shape index (κ2) is 8.95. The maximum absolute atomic E-state index is 12.7. The molecule has 2 aromatic rings. The Morgan fingerprint density at radius 3 is 2.79 bits per heavy atom. The number of hydrogen-bond acceptors (Lipinski definition) is 6. The lowest BCUT2D eigenvalue weighted by molar-refractivity contribution is -0.141. The standard InChI is InChI=1S/C26H29N5O2/c1-3-21-12-19(6-8-28-21)23-13-20(15-27)26(29-25(23)18-4-5-18)30-9-10-31(17(2)16-30)24(32)14-22-7-11-33-22/h3,6,8,12-13,17-18,22H,1,4-5,7,9-11,14,16H2,2H3. The molecule has 0 aromatic carbocycles. The largest absolute Gasteiger partial charge is 0.377 e. The summed E-state index contributed by atoms with van der Waals surface area (Å²) in [7, 11) is 0. The van der Waals surface area contributed by atoms with Crippen LogP contribution in [0.1, 0.15) is 55.5 Å². The van der Waals surface area contributed by atoms with Gasteiger partial charge in [0.2, 0.25) is 5.91 Å². The van der Waals surface area contributed by atoms with Crippen LogP contribution in [0, 0.1) is 11.3 Å². The molecular formula is C26H29N5O2. The molecule has 2 unspecified atom stereocenters. The fourth-order valence-electron chi connectivity index (χ4n) is 4.75. The summed E-state index contributed by atoms with van der Waals surface area (Å²) < 4.78 is 5.44. The zero-order chi connectivity index (χ0) is 22.9. The number of rotatable bonds is 6. The first-order valence-electron chi connectivity index (χ1n) is 11.8. The van der Waals surface area contributed by atoms with Crippen LogP contribution in [0.5, 0.6) is 0 Å². The van der Waals surface area contributed by atoms with Crippen molar-refractivity contribution < 1.29 is 9.53 Å². The number of nitriles is 1. The van der Waals surface area contributed by atoms with Gasteiger partial charge in [-0.15, -0.1) is 0 Å². The lowest BCUT2D eigenvalue weighted by atomic mass is 9.99. The zero-order valence-corrected chi connectivity index (χ0v) is 19.0. The van der Waals surface area contributed by atoms with Crippen molar-refractivity contribution in [2.24, 2.45) is 0 Å². The highest BCUT2D eigenvalue weighted by molar-refractivity contribution is 5.78. The van der Waals surface area contributed by atoms with E-state index in [-0.39, 0.29) is 18.1 Å². The van der Waals surface area contributed by atoms with Crippen LogP contribution in [-0.2, 0) is 9.53 Å². The Bertz CT molecular complexity index is 1120. The quantitative estimate of drug-likeness (QED) is 0.676. The highest BCUT2D eigenvalue weighted by Gasteiger charge is 2.34. The third kappa shape index (κ3) is 4.36. The Hall–Kier alpha value is -3.24. The Morgan fingerprint density at radius 2 is 2.15 bits per heavy atom. The number of piperazine rings is 1. The number of ether oxygens (including phenoxy) is 1. The molecule has 2 saturated heterocycles. The van der Waals surface area contributed by atoms with E-state index in [1.807, 2.05) is 23.1 Å². The Morgan fingerprint density at radius 1 is 1.33 bits per heavy atom. The van der Waals surface area contributed by atoms with Crippen LogP contribution in [0.15, 0.2) is 31.0 Å². The van der Waals surface area contributed by atoms with Gasteiger partial charge in [0, 0.05) is 50.0 Å². The number of carbonyl (C=O) groups excluding carboxylic acids is 1. The maximum Gasteiger partial charge on any atom is 0.225 e. The first-order valence-corrected chi connectivity index (χ1v) is 11.8. The average Bonchev–Trinajstić information content (AvgIpc) is 3.66. The summed E-state index contributed by atoms with van der Waals surface area (Å²) >= 11 is 0. The molecule has 1 aliphatic carbocycles. The first kappa shape index (κ1) is 21.6. The van der Waals surface area contributed by atoms with Gasteiger partial charge in [-0.1, -0.05) is 6.58 Å². The molecule has 7 heteroatoms. The summed E-state index contributed by atoms with van der Waals surface area (Å²) in [5, 5.41) is 9.98. The number of carbonyl (C=O) groups is 1. The third-order valence-electron chi connectivity index (χ3n) is 6.86. The molecule has 0 N–H and O–H groups in total. The predicted molar refractivity (Wildman–Crippen MR) is 127 cm³/mol. The molecule has 1 amide bonds. The maximum atomic E-state index is 12.7. The minimum Gasteiger partial charge on any atom is -0.377 e. The molecule has 2 aromatic heterocycles. The Kier molecular flexibility index (Phi) is 5.86. The number of hydrogen-bond donors (Lipinski definition) is 0. The van der Waals surface area contributed by atoms with Gasteiger partial charge < -0.3 is 14.5 Å². The molecule has 33 heavy (non-hydrogen) atoms. The molecule has 0 spiro atoms. The van der Waals surface area contributed by atoms with Crippen LogP contribution < -0.4 is 4.90 Å². The summed E-state index contributed by atoms with van der Waals surface area (Å²) in [5.74, 6) is 1.32. The minimum absolute atomic E-state index is 0.0547. The van der Waals surface area contributed by atoms with Gasteiger partial charge in [0.1, 0.15) is 11.9 Å². The summed E-state index contributed by atoms with van der Waals surface area (Å²) in [6.45, 7) is 8.62. The zero-order valence-electron chi connectivity index (χ0n) is 19.0. The van der Waals surface area contributed by atoms with Crippen LogP contribution in [0.3, 0.4) is 0 Å². The molecule has 2 atom stereocenters. The van der Waals surface area contributed by atoms with E-state index in [0.29, 0.717) is 37.5 Å². The SMILES string of the molecule is C=Cc1cc(-c2cc(C#N)c(N3CCN(C(=O)CC4CCO4)C(C)C3)nc2C2CC2)ccn1. The van der Waals surface area contributed by atoms with Gasteiger partial charge >= 0.3 is 0 Å². The van der Waals surface area contributed by atoms with E-state index >= 15 is 0 Å². The van der Waals surface area contributed by atoms with Gasteiger partial charge in [-0.05, 0) is 56.0 Å². The van der Waals surface area contributed by atoms with Gasteiger partial charge in [-0.25, -0.2) is 4.98 Å². The number of amides is 1. The van der Waals surface area contributed by atoms with Crippen LogP contribution in [0.25, 0.3) is 17.2 Å². The van der Waals surface area contributed by atoms with Gasteiger partial charge in [0.05, 0.1) is 29.5 Å². The van der Waals surface area contributed by atoms with Gasteiger partial charge in [0.15, 0.2) is 0 Å². The van der Waals surface area contributed by atoms with Crippen LogP contribution in [0.4, 0.5) is 5.82 Å². The van der Waals surface area contributed by atoms with E-state index < -0.39 is 0 Å². The smallest absolute Gasteiger partial charge is 0.225 e. The lowest BCUT2D eigenvalue weighted by Crippen LogP contribution is -2.55. The fraction of sp³-hybridized carbons (Fsp3) is 0.462. The molecule has 4 heterocycles. The second-order valence-corrected chi connectivity index (χ2v) is 9.22. The monoisotopic (exact) mass is 443 g/mol. The molecule has 0 bridgehead atoms. The highest BCUT2D eigenvalue weighted by Crippen LogP contribution is 2.45. The Labute approximate surface area is 194 Å². The third-order valence-corrected chi connectivity index (χ3v) is 6.86. The summed E-state index contributed by atoms with van der Waals surface area (Å²) in [6.07, 6.45) is 7.25. The van der Waals surface area contributed by atoms with Crippen molar-refractivity contribution in [3.8, 4) is 17.2 Å². The second-order valence-electron chi connectivity index (χ2n) is 9.22. The number of aromatic nitrogens is 2. The normalized spacial score (nSPS) is 22.4. The molecule has 0 radical (unpaired) electrons. The van der Waals surface area contributed by atoms with Crippen LogP contribution >= 0.6 is 0 Å².